The number of H-pyrrole nitrogens is 1. The second-order valence-corrected chi connectivity index (χ2v) is 9.53. The van der Waals surface area contributed by atoms with E-state index in [9.17, 15) is 4.39 Å². The molecule has 2 atom stereocenters. The number of nitrogens with one attached hydrogen (secondary N) is 2. The van der Waals surface area contributed by atoms with Crippen LogP contribution in [-0.4, -0.2) is 51.3 Å². The van der Waals surface area contributed by atoms with Gasteiger partial charge in [0.15, 0.2) is 9.50 Å². The van der Waals surface area contributed by atoms with Gasteiger partial charge >= 0.3 is 0 Å². The van der Waals surface area contributed by atoms with Crippen molar-refractivity contribution < 1.29 is 4.39 Å². The highest BCUT2D eigenvalue weighted by Crippen LogP contribution is 2.38. The van der Waals surface area contributed by atoms with E-state index in [1.807, 2.05) is 0 Å². The van der Waals surface area contributed by atoms with Gasteiger partial charge in [-0.3, -0.25) is 0 Å². The molecule has 0 bridgehead atoms. The van der Waals surface area contributed by atoms with Crippen LogP contribution in [0.3, 0.4) is 0 Å². The van der Waals surface area contributed by atoms with Crippen molar-refractivity contribution in [3.63, 3.8) is 0 Å². The Kier molecular flexibility index (Phi) is 4.95. The van der Waals surface area contributed by atoms with Crippen LogP contribution < -0.4 is 16.0 Å². The van der Waals surface area contributed by atoms with Gasteiger partial charge in [0.1, 0.15) is 22.8 Å². The Bertz CT molecular complexity index is 1210. The highest BCUT2D eigenvalue weighted by atomic mass is 32.2. The van der Waals surface area contributed by atoms with Gasteiger partial charge in [0, 0.05) is 31.6 Å². The first kappa shape index (κ1) is 19.5. The van der Waals surface area contributed by atoms with E-state index in [0.29, 0.717) is 22.4 Å². The van der Waals surface area contributed by atoms with Gasteiger partial charge in [0.2, 0.25) is 0 Å². The lowest BCUT2D eigenvalue weighted by Gasteiger charge is -2.36. The zero-order valence-corrected chi connectivity index (χ0v) is 18.1. The fourth-order valence-electron chi connectivity index (χ4n) is 3.94. The summed E-state index contributed by atoms with van der Waals surface area (Å²) in [6, 6.07) is 3.19. The molecule has 0 radical (unpaired) electrons. The molecule has 8 nitrogen and oxygen atoms in total. The molecule has 4 aromatic rings. The summed E-state index contributed by atoms with van der Waals surface area (Å²) in [5.74, 6) is 0.822. The molecule has 1 aromatic carbocycles. The van der Waals surface area contributed by atoms with E-state index in [1.54, 1.807) is 18.6 Å². The highest BCUT2D eigenvalue weighted by molar-refractivity contribution is 8.00. The van der Waals surface area contributed by atoms with E-state index >= 15 is 0 Å². The molecule has 156 valence electrons. The Morgan fingerprint density at radius 1 is 1.37 bits per heavy atom. The number of aromatic nitrogens is 5. The Labute approximate surface area is 180 Å². The van der Waals surface area contributed by atoms with Crippen LogP contribution in [0.2, 0.25) is 0 Å². The quantitative estimate of drug-likeness (QED) is 0.411. The van der Waals surface area contributed by atoms with Crippen molar-refractivity contribution in [3.05, 3.63) is 23.5 Å². The molecule has 11 heteroatoms. The minimum Gasteiger partial charge on any atom is -0.386 e. The van der Waals surface area contributed by atoms with E-state index in [2.05, 4.69) is 32.3 Å². The summed E-state index contributed by atoms with van der Waals surface area (Å²) in [6.07, 6.45) is 0.879. The largest absolute Gasteiger partial charge is 0.386 e. The zero-order valence-electron chi connectivity index (χ0n) is 16.5. The smallest absolute Gasteiger partial charge is 0.198 e. The Morgan fingerprint density at radius 2 is 2.23 bits per heavy atom. The van der Waals surface area contributed by atoms with Crippen molar-refractivity contribution in [2.45, 2.75) is 28.9 Å². The SMILES string of the molecule is CNc1cc(F)cc2c1[nH]c1nc(Sc3nncs3)nc(N3CCC(N)[C@H](C)C3)c12. The molecule has 30 heavy (non-hydrogen) atoms. The number of benzene rings is 1. The summed E-state index contributed by atoms with van der Waals surface area (Å²) in [4.78, 5) is 15.2. The fourth-order valence-corrected chi connectivity index (χ4v) is 5.27. The van der Waals surface area contributed by atoms with Crippen LogP contribution in [-0.2, 0) is 0 Å². The average Bonchev–Trinajstić information content (AvgIpc) is 3.36. The minimum absolute atomic E-state index is 0.171. The molecule has 4 heterocycles. The van der Waals surface area contributed by atoms with Crippen LogP contribution in [0.15, 0.2) is 27.1 Å². The number of hydrogen-bond acceptors (Lipinski definition) is 9. The molecule has 1 unspecified atom stereocenters. The van der Waals surface area contributed by atoms with Gasteiger partial charge in [-0.2, -0.15) is 0 Å². The number of rotatable bonds is 4. The van der Waals surface area contributed by atoms with Gasteiger partial charge in [-0.05, 0) is 36.2 Å². The normalized spacial score (nSPS) is 19.7. The Morgan fingerprint density at radius 3 is 2.97 bits per heavy atom. The minimum atomic E-state index is -0.306. The first-order chi connectivity index (χ1) is 14.5. The highest BCUT2D eigenvalue weighted by Gasteiger charge is 2.27. The Balaban J connectivity index is 1.73. The number of nitrogens with two attached hydrogens (primary N) is 1. The monoisotopic (exact) mass is 444 g/mol. The summed E-state index contributed by atoms with van der Waals surface area (Å²) < 4.78 is 15.1. The first-order valence-electron chi connectivity index (χ1n) is 9.68. The van der Waals surface area contributed by atoms with E-state index in [0.717, 1.165) is 46.0 Å². The number of nitrogens with zero attached hydrogens (tertiary/aromatic N) is 5. The molecule has 1 aliphatic heterocycles. The molecule has 5 rings (SSSR count). The lowest BCUT2D eigenvalue weighted by molar-refractivity contribution is 0.381. The predicted molar refractivity (Wildman–Crippen MR) is 119 cm³/mol. The number of hydrogen-bond donors (Lipinski definition) is 3. The lowest BCUT2D eigenvalue weighted by Crippen LogP contribution is -2.46. The maximum Gasteiger partial charge on any atom is 0.198 e. The standard InChI is InChI=1S/C19H21FN8S2/c1-9-7-28(4-3-12(9)21)17-14-11-5-10(20)6-13(22-2)15(11)24-16(14)25-18(26-17)30-19-27-23-8-29-19/h5-6,8-9,12,22H,3-4,7,21H2,1-2H3,(H,24,25,26)/t9-,12?/m1/s1. The summed E-state index contributed by atoms with van der Waals surface area (Å²) in [5, 5.41) is 13.2. The van der Waals surface area contributed by atoms with Crippen LogP contribution in [0.4, 0.5) is 15.9 Å². The average molecular weight is 445 g/mol. The van der Waals surface area contributed by atoms with Gasteiger partial charge in [0.25, 0.3) is 0 Å². The zero-order chi connectivity index (χ0) is 20.8. The van der Waals surface area contributed by atoms with Crippen molar-refractivity contribution >= 4 is 56.5 Å². The van der Waals surface area contributed by atoms with E-state index in [1.165, 1.54) is 29.2 Å². The molecule has 3 aromatic heterocycles. The molecule has 0 amide bonds. The third-order valence-electron chi connectivity index (χ3n) is 5.54. The van der Waals surface area contributed by atoms with Crippen LogP contribution in [0.5, 0.6) is 0 Å². The number of halogens is 1. The van der Waals surface area contributed by atoms with Gasteiger partial charge < -0.3 is 20.9 Å². The second-order valence-electron chi connectivity index (χ2n) is 7.49. The van der Waals surface area contributed by atoms with E-state index < -0.39 is 0 Å². The molecule has 0 aliphatic carbocycles. The summed E-state index contributed by atoms with van der Waals surface area (Å²) >= 11 is 2.81. The number of fused-ring (bicyclic) bond motifs is 3. The molecule has 0 spiro atoms. The second kappa shape index (κ2) is 7.64. The molecular formula is C19H21FN8S2. The lowest BCUT2D eigenvalue weighted by atomic mass is 9.94. The molecule has 4 N–H and O–H groups in total. The third-order valence-corrected chi connectivity index (χ3v) is 7.19. The first-order valence-corrected chi connectivity index (χ1v) is 11.4. The number of piperidine rings is 1. The van der Waals surface area contributed by atoms with Crippen molar-refractivity contribution in [3.8, 4) is 0 Å². The maximum absolute atomic E-state index is 14.4. The number of aromatic amines is 1. The van der Waals surface area contributed by atoms with Crippen molar-refractivity contribution in [1.29, 1.82) is 0 Å². The van der Waals surface area contributed by atoms with Crippen molar-refractivity contribution in [2.75, 3.05) is 30.4 Å². The van der Waals surface area contributed by atoms with Crippen LogP contribution in [0, 0.1) is 11.7 Å². The number of anilines is 2. The topological polar surface area (TPSA) is 109 Å². The van der Waals surface area contributed by atoms with Crippen LogP contribution in [0.1, 0.15) is 13.3 Å². The van der Waals surface area contributed by atoms with E-state index in [4.69, 9.17) is 15.7 Å². The van der Waals surface area contributed by atoms with E-state index in [-0.39, 0.29) is 11.9 Å². The molecular weight excluding hydrogens is 423 g/mol. The summed E-state index contributed by atoms with van der Waals surface area (Å²) in [7, 11) is 1.77. The maximum atomic E-state index is 14.4. The van der Waals surface area contributed by atoms with Gasteiger partial charge in [-0.1, -0.05) is 18.3 Å². The molecule has 1 aliphatic rings. The van der Waals surface area contributed by atoms with Crippen molar-refractivity contribution in [1.82, 2.24) is 25.1 Å². The van der Waals surface area contributed by atoms with Crippen LogP contribution >= 0.6 is 23.1 Å². The Hall–Kier alpha value is -2.50. The summed E-state index contributed by atoms with van der Waals surface area (Å²) in [5.41, 5.74) is 10.1. The fraction of sp³-hybridized carbons (Fsp3) is 0.368. The molecule has 1 saturated heterocycles. The van der Waals surface area contributed by atoms with Crippen molar-refractivity contribution in [2.24, 2.45) is 11.7 Å². The predicted octanol–water partition coefficient (Wildman–Crippen LogP) is 3.47. The molecule has 1 fully saturated rings. The van der Waals surface area contributed by atoms with Gasteiger partial charge in [-0.25, -0.2) is 14.4 Å². The molecule has 0 saturated carbocycles. The third kappa shape index (κ3) is 3.36. The van der Waals surface area contributed by atoms with Gasteiger partial charge in [0.05, 0.1) is 16.6 Å². The summed E-state index contributed by atoms with van der Waals surface area (Å²) in [6.45, 7) is 3.73. The van der Waals surface area contributed by atoms with Gasteiger partial charge in [-0.15, -0.1) is 10.2 Å². The van der Waals surface area contributed by atoms with Crippen LogP contribution in [0.25, 0.3) is 21.9 Å².